The van der Waals surface area contributed by atoms with Crippen LogP contribution in [0.2, 0.25) is 0 Å². The average molecular weight is 275 g/mol. The predicted octanol–water partition coefficient (Wildman–Crippen LogP) is 2.97. The minimum atomic E-state index is -0.735. The lowest BCUT2D eigenvalue weighted by molar-refractivity contribution is -0.384. The first-order chi connectivity index (χ1) is 9.52. The molecule has 102 valence electrons. The molecule has 6 heteroatoms. The van der Waals surface area contributed by atoms with Crippen molar-refractivity contribution in [3.05, 3.63) is 69.5 Å². The van der Waals surface area contributed by atoms with Crippen LogP contribution in [0.15, 0.2) is 42.5 Å². The fourth-order valence-corrected chi connectivity index (χ4v) is 1.72. The summed E-state index contributed by atoms with van der Waals surface area (Å²) >= 11 is 0. The number of nitro benzene ring substituents is 1. The van der Waals surface area contributed by atoms with Crippen LogP contribution in [0, 0.1) is 15.9 Å². The van der Waals surface area contributed by atoms with Crippen LogP contribution in [-0.4, -0.2) is 17.8 Å². The van der Waals surface area contributed by atoms with Crippen molar-refractivity contribution in [1.82, 2.24) is 0 Å². The molecular weight excluding hydrogens is 265 g/mol. The van der Waals surface area contributed by atoms with Gasteiger partial charge in [-0.2, -0.15) is 0 Å². The van der Waals surface area contributed by atoms with Gasteiger partial charge in [0.1, 0.15) is 11.6 Å². The number of ketones is 1. The number of rotatable bonds is 4. The number of carbonyl (C=O) groups is 1. The number of carbonyl (C=O) groups excluding carboxylic acids is 1. The van der Waals surface area contributed by atoms with Crippen LogP contribution in [0.1, 0.15) is 15.9 Å². The molecule has 0 aliphatic carbocycles. The van der Waals surface area contributed by atoms with E-state index in [1.807, 2.05) is 0 Å². The van der Waals surface area contributed by atoms with Crippen LogP contribution < -0.4 is 4.74 Å². The monoisotopic (exact) mass is 275 g/mol. The molecule has 0 aliphatic heterocycles. The number of ether oxygens (including phenoxy) is 1. The van der Waals surface area contributed by atoms with E-state index in [9.17, 15) is 19.3 Å². The molecule has 0 radical (unpaired) electrons. The first-order valence-electron chi connectivity index (χ1n) is 5.65. The van der Waals surface area contributed by atoms with Crippen molar-refractivity contribution in [2.45, 2.75) is 0 Å². The van der Waals surface area contributed by atoms with Crippen LogP contribution in [0.3, 0.4) is 0 Å². The van der Waals surface area contributed by atoms with Gasteiger partial charge >= 0.3 is 0 Å². The number of methoxy groups -OCH3 is 1. The van der Waals surface area contributed by atoms with Crippen LogP contribution in [0.25, 0.3) is 0 Å². The summed E-state index contributed by atoms with van der Waals surface area (Å²) in [5.74, 6) is -1.06. The summed E-state index contributed by atoms with van der Waals surface area (Å²) in [5.41, 5.74) is -0.320. The van der Waals surface area contributed by atoms with Gasteiger partial charge in [-0.05, 0) is 12.1 Å². The molecule has 20 heavy (non-hydrogen) atoms. The maximum atomic E-state index is 13.8. The average Bonchev–Trinajstić information content (AvgIpc) is 2.46. The van der Waals surface area contributed by atoms with Crippen LogP contribution >= 0.6 is 0 Å². The largest absolute Gasteiger partial charge is 0.497 e. The van der Waals surface area contributed by atoms with Crippen molar-refractivity contribution in [2.24, 2.45) is 0 Å². The number of halogens is 1. The fourth-order valence-electron chi connectivity index (χ4n) is 1.72. The third kappa shape index (κ3) is 2.64. The van der Waals surface area contributed by atoms with Crippen LogP contribution in [-0.2, 0) is 0 Å². The van der Waals surface area contributed by atoms with Crippen molar-refractivity contribution < 1.29 is 18.8 Å². The molecule has 0 saturated heterocycles. The van der Waals surface area contributed by atoms with E-state index >= 15 is 0 Å². The molecule has 5 nitrogen and oxygen atoms in total. The molecule has 0 aliphatic rings. The number of benzene rings is 2. The van der Waals surface area contributed by atoms with Gasteiger partial charge in [-0.15, -0.1) is 0 Å². The summed E-state index contributed by atoms with van der Waals surface area (Å²) in [4.78, 5) is 22.2. The highest BCUT2D eigenvalue weighted by atomic mass is 19.1. The van der Waals surface area contributed by atoms with E-state index in [0.717, 1.165) is 12.1 Å². The van der Waals surface area contributed by atoms with Crippen molar-refractivity contribution in [2.75, 3.05) is 7.11 Å². The van der Waals surface area contributed by atoms with Crippen LogP contribution in [0.4, 0.5) is 10.1 Å². The van der Waals surface area contributed by atoms with Crippen molar-refractivity contribution >= 4 is 11.5 Å². The summed E-state index contributed by atoms with van der Waals surface area (Å²) in [7, 11) is 1.39. The number of non-ortho nitro benzene ring substituents is 1. The molecule has 0 N–H and O–H groups in total. The predicted molar refractivity (Wildman–Crippen MR) is 69.5 cm³/mol. The second-order valence-corrected chi connectivity index (χ2v) is 3.98. The van der Waals surface area contributed by atoms with Gasteiger partial charge in [-0.25, -0.2) is 4.39 Å². The van der Waals surface area contributed by atoms with E-state index in [1.54, 1.807) is 0 Å². The van der Waals surface area contributed by atoms with E-state index in [2.05, 4.69) is 0 Å². The smallest absolute Gasteiger partial charge is 0.270 e. The first kappa shape index (κ1) is 13.7. The molecule has 2 aromatic carbocycles. The molecule has 0 spiro atoms. The summed E-state index contributed by atoms with van der Waals surface area (Å²) in [6.45, 7) is 0. The standard InChI is InChI=1S/C14H10FNO4/c1-20-11-5-6-12(13(15)8-11)14(17)9-3-2-4-10(7-9)16(18)19/h2-8H,1H3. The highest BCUT2D eigenvalue weighted by Crippen LogP contribution is 2.21. The molecule has 0 heterocycles. The van der Waals surface area contributed by atoms with E-state index in [1.165, 1.54) is 37.4 Å². The zero-order chi connectivity index (χ0) is 14.7. The fraction of sp³-hybridized carbons (Fsp3) is 0.0714. The van der Waals surface area contributed by atoms with Gasteiger partial charge in [-0.1, -0.05) is 12.1 Å². The Morgan fingerprint density at radius 3 is 2.60 bits per heavy atom. The summed E-state index contributed by atoms with van der Waals surface area (Å²) in [5, 5.41) is 10.7. The molecule has 0 aromatic heterocycles. The molecule has 0 unspecified atom stereocenters. The van der Waals surface area contributed by atoms with Gasteiger partial charge in [0, 0.05) is 23.8 Å². The number of nitro groups is 1. The Balaban J connectivity index is 2.41. The maximum Gasteiger partial charge on any atom is 0.270 e. The van der Waals surface area contributed by atoms with Gasteiger partial charge in [0.25, 0.3) is 5.69 Å². The Kier molecular flexibility index (Phi) is 3.74. The van der Waals surface area contributed by atoms with Gasteiger partial charge in [0.15, 0.2) is 5.78 Å². The first-order valence-corrected chi connectivity index (χ1v) is 5.65. The lowest BCUT2D eigenvalue weighted by Gasteiger charge is -2.05. The van der Waals surface area contributed by atoms with Gasteiger partial charge in [0.2, 0.25) is 0 Å². The third-order valence-electron chi connectivity index (χ3n) is 2.74. The lowest BCUT2D eigenvalue weighted by atomic mass is 10.0. The Morgan fingerprint density at radius 2 is 2.00 bits per heavy atom. The molecule has 2 rings (SSSR count). The summed E-state index contributed by atoms with van der Waals surface area (Å²) in [6.07, 6.45) is 0. The molecule has 0 atom stereocenters. The zero-order valence-electron chi connectivity index (χ0n) is 10.5. The highest BCUT2D eigenvalue weighted by Gasteiger charge is 2.17. The third-order valence-corrected chi connectivity index (χ3v) is 2.74. The quantitative estimate of drug-likeness (QED) is 0.488. The Hall–Kier alpha value is -2.76. The summed E-state index contributed by atoms with van der Waals surface area (Å²) in [6, 6.07) is 8.99. The molecule has 0 bridgehead atoms. The van der Waals surface area contributed by atoms with Crippen molar-refractivity contribution in [3.63, 3.8) is 0 Å². The number of hydrogen-bond acceptors (Lipinski definition) is 4. The Morgan fingerprint density at radius 1 is 1.25 bits per heavy atom. The van der Waals surface area contributed by atoms with Crippen molar-refractivity contribution in [1.29, 1.82) is 0 Å². The molecular formula is C14H10FNO4. The molecule has 0 fully saturated rings. The minimum absolute atomic E-state index is 0.0586. The van der Waals surface area contributed by atoms with Gasteiger partial charge in [0.05, 0.1) is 17.6 Å². The second-order valence-electron chi connectivity index (χ2n) is 3.98. The van der Waals surface area contributed by atoms with E-state index in [-0.39, 0.29) is 22.6 Å². The van der Waals surface area contributed by atoms with E-state index in [4.69, 9.17) is 4.74 Å². The lowest BCUT2D eigenvalue weighted by Crippen LogP contribution is -2.05. The molecule has 2 aromatic rings. The summed E-state index contributed by atoms with van der Waals surface area (Å²) < 4.78 is 18.6. The van der Waals surface area contributed by atoms with Crippen LogP contribution in [0.5, 0.6) is 5.75 Å². The molecule has 0 amide bonds. The van der Waals surface area contributed by atoms with Crippen molar-refractivity contribution in [3.8, 4) is 5.75 Å². The van der Waals surface area contributed by atoms with Gasteiger partial charge < -0.3 is 4.74 Å². The number of hydrogen-bond donors (Lipinski definition) is 0. The second kappa shape index (κ2) is 5.48. The zero-order valence-corrected chi connectivity index (χ0v) is 10.5. The SMILES string of the molecule is COc1ccc(C(=O)c2cccc([N+](=O)[O-])c2)c(F)c1. The van der Waals surface area contributed by atoms with E-state index < -0.39 is 16.5 Å². The van der Waals surface area contributed by atoms with E-state index in [0.29, 0.717) is 0 Å². The Labute approximate surface area is 113 Å². The number of nitrogens with zero attached hydrogens (tertiary/aromatic N) is 1. The minimum Gasteiger partial charge on any atom is -0.497 e. The Bertz CT molecular complexity index is 685. The normalized spacial score (nSPS) is 10.1. The topological polar surface area (TPSA) is 69.4 Å². The highest BCUT2D eigenvalue weighted by molar-refractivity contribution is 6.09. The van der Waals surface area contributed by atoms with Gasteiger partial charge in [-0.3, -0.25) is 14.9 Å². The maximum absolute atomic E-state index is 13.8. The molecule has 0 saturated carbocycles.